The van der Waals surface area contributed by atoms with Gasteiger partial charge in [0.25, 0.3) is 0 Å². The molecule has 1 aromatic heterocycles. The molecule has 0 unspecified atom stereocenters. The summed E-state index contributed by atoms with van der Waals surface area (Å²) in [5.74, 6) is 1.69. The number of rotatable bonds is 4. The van der Waals surface area contributed by atoms with E-state index in [9.17, 15) is 13.2 Å². The minimum atomic E-state index is -4.10. The second-order valence-corrected chi connectivity index (χ2v) is 4.18. The summed E-state index contributed by atoms with van der Waals surface area (Å²) in [6.45, 7) is 1.15. The summed E-state index contributed by atoms with van der Waals surface area (Å²) in [5, 5.41) is 10.8. The van der Waals surface area contributed by atoms with Crippen LogP contribution in [0.25, 0.3) is 0 Å². The number of nitrogens with one attached hydrogen (secondary N) is 1. The van der Waals surface area contributed by atoms with E-state index in [0.717, 1.165) is 37.5 Å². The maximum Gasteiger partial charge on any atom is 0.390 e. The molecule has 1 aliphatic heterocycles. The lowest BCUT2D eigenvalue weighted by atomic mass is 10.2. The van der Waals surface area contributed by atoms with Crippen molar-refractivity contribution in [2.75, 3.05) is 6.54 Å². The predicted molar refractivity (Wildman–Crippen MR) is 55.3 cm³/mol. The number of fused-ring (bicyclic) bond motifs is 1. The molecular weight excluding hydrogens is 233 g/mol. The zero-order chi connectivity index (χ0) is 12.3. The molecule has 0 fully saturated rings. The van der Waals surface area contributed by atoms with E-state index in [-0.39, 0.29) is 6.54 Å². The average Bonchev–Trinajstić information content (AvgIpc) is 2.67. The molecular formula is C10H15F3N4. The molecule has 0 spiro atoms. The molecule has 0 radical (unpaired) electrons. The molecule has 0 saturated heterocycles. The lowest BCUT2D eigenvalue weighted by molar-refractivity contribution is -0.133. The third-order valence-corrected chi connectivity index (χ3v) is 2.80. The number of nitrogens with zero attached hydrogens (tertiary/aromatic N) is 3. The monoisotopic (exact) mass is 248 g/mol. The fourth-order valence-corrected chi connectivity index (χ4v) is 1.93. The molecule has 2 heterocycles. The van der Waals surface area contributed by atoms with Gasteiger partial charge in [-0.1, -0.05) is 0 Å². The van der Waals surface area contributed by atoms with E-state index in [1.165, 1.54) is 0 Å². The fraction of sp³-hybridized carbons (Fsp3) is 0.800. The lowest BCUT2D eigenvalue weighted by Crippen LogP contribution is -2.24. The van der Waals surface area contributed by atoms with Crippen molar-refractivity contribution in [1.82, 2.24) is 20.1 Å². The Morgan fingerprint density at radius 1 is 1.24 bits per heavy atom. The van der Waals surface area contributed by atoms with E-state index in [0.29, 0.717) is 6.54 Å². The average molecular weight is 248 g/mol. The number of hydrogen-bond acceptors (Lipinski definition) is 3. The van der Waals surface area contributed by atoms with Crippen LogP contribution < -0.4 is 5.32 Å². The van der Waals surface area contributed by atoms with Crippen LogP contribution in [0, 0.1) is 0 Å². The van der Waals surface area contributed by atoms with Crippen molar-refractivity contribution in [3.8, 4) is 0 Å². The van der Waals surface area contributed by atoms with Gasteiger partial charge in [-0.2, -0.15) is 13.2 Å². The first-order valence-corrected chi connectivity index (χ1v) is 5.75. The van der Waals surface area contributed by atoms with Crippen LogP contribution in [0.1, 0.15) is 30.9 Å². The van der Waals surface area contributed by atoms with E-state index in [4.69, 9.17) is 0 Å². The smallest absolute Gasteiger partial charge is 0.314 e. The highest BCUT2D eigenvalue weighted by atomic mass is 19.4. The third-order valence-electron chi connectivity index (χ3n) is 2.80. The summed E-state index contributed by atoms with van der Waals surface area (Å²) >= 11 is 0. The largest absolute Gasteiger partial charge is 0.390 e. The minimum absolute atomic E-state index is 0.0777. The lowest BCUT2D eigenvalue weighted by Gasteiger charge is -2.15. The van der Waals surface area contributed by atoms with Gasteiger partial charge in [0.1, 0.15) is 11.6 Å². The van der Waals surface area contributed by atoms with E-state index < -0.39 is 12.6 Å². The molecule has 1 N–H and O–H groups in total. The Morgan fingerprint density at radius 3 is 2.82 bits per heavy atom. The van der Waals surface area contributed by atoms with Crippen molar-refractivity contribution in [2.24, 2.45) is 0 Å². The highest BCUT2D eigenvalue weighted by Crippen LogP contribution is 2.18. The normalized spacial score (nSPS) is 15.9. The van der Waals surface area contributed by atoms with Crippen LogP contribution in [0.3, 0.4) is 0 Å². The standard InChI is InChI=1S/C10H15F3N4/c11-10(12,13)4-5-14-7-9-16-15-8-3-1-2-6-17(8)9/h14H,1-7H2. The number of alkyl halides is 3. The van der Waals surface area contributed by atoms with Crippen LogP contribution in [0.5, 0.6) is 0 Å². The van der Waals surface area contributed by atoms with Crippen molar-refractivity contribution < 1.29 is 13.2 Å². The molecule has 0 atom stereocenters. The Balaban J connectivity index is 1.81. The van der Waals surface area contributed by atoms with Crippen LogP contribution >= 0.6 is 0 Å². The van der Waals surface area contributed by atoms with Gasteiger partial charge in [-0.3, -0.25) is 0 Å². The number of aromatic nitrogens is 3. The molecule has 0 aromatic carbocycles. The number of hydrogen-bond donors (Lipinski definition) is 1. The van der Waals surface area contributed by atoms with E-state index >= 15 is 0 Å². The van der Waals surface area contributed by atoms with Crippen LogP contribution in [0.2, 0.25) is 0 Å². The third kappa shape index (κ3) is 3.42. The van der Waals surface area contributed by atoms with Crippen LogP contribution in [0.15, 0.2) is 0 Å². The van der Waals surface area contributed by atoms with Crippen LogP contribution in [-0.4, -0.2) is 27.5 Å². The van der Waals surface area contributed by atoms with Crippen molar-refractivity contribution in [3.05, 3.63) is 11.6 Å². The zero-order valence-electron chi connectivity index (χ0n) is 9.43. The first-order chi connectivity index (χ1) is 8.06. The van der Waals surface area contributed by atoms with Crippen LogP contribution in [0.4, 0.5) is 13.2 Å². The van der Waals surface area contributed by atoms with Gasteiger partial charge in [-0.15, -0.1) is 10.2 Å². The second kappa shape index (κ2) is 5.03. The summed E-state index contributed by atoms with van der Waals surface area (Å²) in [6, 6.07) is 0. The molecule has 17 heavy (non-hydrogen) atoms. The van der Waals surface area contributed by atoms with Gasteiger partial charge in [0.05, 0.1) is 13.0 Å². The summed E-state index contributed by atoms with van der Waals surface area (Å²) < 4.78 is 37.8. The molecule has 1 aromatic rings. The quantitative estimate of drug-likeness (QED) is 0.824. The Kier molecular flexibility index (Phi) is 3.66. The Bertz CT molecular complexity index is 372. The maximum absolute atomic E-state index is 11.9. The van der Waals surface area contributed by atoms with Crippen LogP contribution in [-0.2, 0) is 19.5 Å². The van der Waals surface area contributed by atoms with Gasteiger partial charge >= 0.3 is 6.18 Å². The molecule has 96 valence electrons. The topological polar surface area (TPSA) is 42.7 Å². The predicted octanol–water partition coefficient (Wildman–Crippen LogP) is 1.66. The van der Waals surface area contributed by atoms with Gasteiger partial charge in [-0.25, -0.2) is 0 Å². The summed E-state index contributed by atoms with van der Waals surface area (Å²) in [4.78, 5) is 0. The summed E-state index contributed by atoms with van der Waals surface area (Å²) in [5.41, 5.74) is 0. The van der Waals surface area contributed by atoms with Crippen molar-refractivity contribution >= 4 is 0 Å². The minimum Gasteiger partial charge on any atom is -0.314 e. The molecule has 2 rings (SSSR count). The summed E-state index contributed by atoms with van der Waals surface area (Å²) in [7, 11) is 0. The van der Waals surface area contributed by atoms with Gasteiger partial charge in [0, 0.05) is 19.5 Å². The molecule has 1 aliphatic rings. The highest BCUT2D eigenvalue weighted by molar-refractivity contribution is 4.98. The van der Waals surface area contributed by atoms with Crippen molar-refractivity contribution in [2.45, 2.75) is 44.9 Å². The van der Waals surface area contributed by atoms with Gasteiger partial charge in [-0.05, 0) is 12.8 Å². The SMILES string of the molecule is FC(F)(F)CCNCc1nnc2n1CCCC2. The number of halogens is 3. The molecule has 0 aliphatic carbocycles. The molecule has 7 heteroatoms. The second-order valence-electron chi connectivity index (χ2n) is 4.18. The molecule has 4 nitrogen and oxygen atoms in total. The van der Waals surface area contributed by atoms with E-state index in [2.05, 4.69) is 15.5 Å². The Morgan fingerprint density at radius 2 is 2.06 bits per heavy atom. The van der Waals surface area contributed by atoms with Crippen molar-refractivity contribution in [1.29, 1.82) is 0 Å². The fourth-order valence-electron chi connectivity index (χ4n) is 1.93. The van der Waals surface area contributed by atoms with E-state index in [1.54, 1.807) is 0 Å². The first-order valence-electron chi connectivity index (χ1n) is 5.75. The Hall–Kier alpha value is -1.11. The zero-order valence-corrected chi connectivity index (χ0v) is 9.43. The van der Waals surface area contributed by atoms with Gasteiger partial charge in [0.15, 0.2) is 0 Å². The summed E-state index contributed by atoms with van der Waals surface area (Å²) in [6.07, 6.45) is -1.80. The highest BCUT2D eigenvalue weighted by Gasteiger charge is 2.26. The molecule has 0 saturated carbocycles. The molecule has 0 bridgehead atoms. The Labute approximate surface area is 97.2 Å². The maximum atomic E-state index is 11.9. The van der Waals surface area contributed by atoms with E-state index in [1.807, 2.05) is 4.57 Å². The number of aryl methyl sites for hydroxylation is 1. The first kappa shape index (κ1) is 12.3. The van der Waals surface area contributed by atoms with Gasteiger partial charge in [0.2, 0.25) is 0 Å². The van der Waals surface area contributed by atoms with Gasteiger partial charge < -0.3 is 9.88 Å². The molecule has 0 amide bonds. The van der Waals surface area contributed by atoms with Crippen molar-refractivity contribution in [3.63, 3.8) is 0 Å².